The van der Waals surface area contributed by atoms with Gasteiger partial charge in [-0.3, -0.25) is 10.1 Å². The molecular formula is C23H30N4O5S2. The Morgan fingerprint density at radius 2 is 2.03 bits per heavy atom. The molecule has 4 rings (SSSR count). The quantitative estimate of drug-likeness (QED) is 0.369. The normalized spacial score (nSPS) is 18.9. The van der Waals surface area contributed by atoms with Crippen LogP contribution in [0.15, 0.2) is 40.5 Å². The summed E-state index contributed by atoms with van der Waals surface area (Å²) in [6, 6.07) is 6.24. The van der Waals surface area contributed by atoms with Crippen molar-refractivity contribution in [2.75, 3.05) is 39.2 Å². The second kappa shape index (κ2) is 10.9. The number of amides is 1. The molecule has 11 heteroatoms. The average Bonchev–Trinajstić information content (AvgIpc) is 3.38. The number of thiazole rings is 1. The van der Waals surface area contributed by atoms with Gasteiger partial charge in [0, 0.05) is 23.1 Å². The smallest absolute Gasteiger partial charge is 0.280 e. The number of aromatic nitrogens is 1. The number of benzene rings is 1. The molecule has 1 aliphatic heterocycles. The maximum atomic E-state index is 13.1. The third kappa shape index (κ3) is 6.41. The number of oxime groups is 1. The predicted molar refractivity (Wildman–Crippen MR) is 131 cm³/mol. The van der Waals surface area contributed by atoms with E-state index in [4.69, 9.17) is 9.57 Å². The number of rotatable bonds is 11. The van der Waals surface area contributed by atoms with Crippen LogP contribution in [0.3, 0.4) is 0 Å². The number of hydrogen-bond donors (Lipinski definition) is 1. The van der Waals surface area contributed by atoms with E-state index in [9.17, 15) is 13.2 Å². The average molecular weight is 507 g/mol. The van der Waals surface area contributed by atoms with Crippen molar-refractivity contribution in [3.63, 3.8) is 0 Å². The molecule has 34 heavy (non-hydrogen) atoms. The zero-order valence-corrected chi connectivity index (χ0v) is 21.0. The fourth-order valence-electron chi connectivity index (χ4n) is 3.53. The fourth-order valence-corrected chi connectivity index (χ4v) is 6.03. The molecular weight excluding hydrogens is 476 g/mol. The van der Waals surface area contributed by atoms with E-state index in [1.165, 1.54) is 23.5 Å². The zero-order chi connectivity index (χ0) is 24.1. The van der Waals surface area contributed by atoms with Gasteiger partial charge in [-0.2, -0.15) is 0 Å². The van der Waals surface area contributed by atoms with Crippen molar-refractivity contribution in [2.24, 2.45) is 5.16 Å². The molecule has 1 saturated heterocycles. The molecule has 1 amide bonds. The summed E-state index contributed by atoms with van der Waals surface area (Å²) < 4.78 is 30.3. The largest absolute Gasteiger partial charge is 0.389 e. The molecule has 184 valence electrons. The molecule has 2 heterocycles. The summed E-state index contributed by atoms with van der Waals surface area (Å²) in [5.41, 5.74) is 0.528. The molecule has 1 aliphatic carbocycles. The Balaban J connectivity index is 1.48. The Morgan fingerprint density at radius 3 is 2.68 bits per heavy atom. The number of nitrogens with zero attached hydrogens (tertiary/aromatic N) is 3. The summed E-state index contributed by atoms with van der Waals surface area (Å²) in [5, 5.41) is 7.13. The molecule has 0 radical (unpaired) electrons. The van der Waals surface area contributed by atoms with Crippen LogP contribution in [0, 0.1) is 0 Å². The van der Waals surface area contributed by atoms with Crippen molar-refractivity contribution in [2.45, 2.75) is 48.4 Å². The van der Waals surface area contributed by atoms with Crippen LogP contribution in [0.2, 0.25) is 0 Å². The Hall–Kier alpha value is -2.34. The lowest BCUT2D eigenvalue weighted by molar-refractivity contribution is -0.110. The van der Waals surface area contributed by atoms with E-state index >= 15 is 0 Å². The molecule has 1 N–H and O–H groups in total. The molecule has 0 unspecified atom stereocenters. The number of nitrogens with one attached hydrogen (secondary N) is 1. The summed E-state index contributed by atoms with van der Waals surface area (Å²) in [4.78, 5) is 26.5. The van der Waals surface area contributed by atoms with Gasteiger partial charge >= 0.3 is 0 Å². The van der Waals surface area contributed by atoms with Gasteiger partial charge in [0.05, 0.1) is 23.4 Å². The van der Waals surface area contributed by atoms with Gasteiger partial charge < -0.3 is 14.5 Å². The molecule has 0 bridgehead atoms. The summed E-state index contributed by atoms with van der Waals surface area (Å²) in [6.45, 7) is 1.98. The topological polar surface area (TPSA) is 110 Å². The van der Waals surface area contributed by atoms with Gasteiger partial charge in [0.1, 0.15) is 0 Å². The van der Waals surface area contributed by atoms with Gasteiger partial charge in [0.25, 0.3) is 5.91 Å². The number of carbonyl (C=O) groups excluding carboxylic acids is 1. The van der Waals surface area contributed by atoms with Crippen LogP contribution < -0.4 is 5.32 Å². The van der Waals surface area contributed by atoms with Crippen molar-refractivity contribution >= 4 is 37.9 Å². The Kier molecular flexibility index (Phi) is 7.97. The van der Waals surface area contributed by atoms with E-state index < -0.39 is 15.7 Å². The highest BCUT2D eigenvalue weighted by atomic mass is 32.2. The Labute approximate surface area is 204 Å². The van der Waals surface area contributed by atoms with Crippen LogP contribution in [0.25, 0.3) is 0 Å². The maximum Gasteiger partial charge on any atom is 0.280 e. The molecule has 2 aliphatic rings. The highest BCUT2D eigenvalue weighted by molar-refractivity contribution is 7.92. The van der Waals surface area contributed by atoms with E-state index in [1.807, 2.05) is 14.1 Å². The summed E-state index contributed by atoms with van der Waals surface area (Å²) >= 11 is 1.43. The number of carbonyl (C=O) groups is 1. The van der Waals surface area contributed by atoms with Crippen LogP contribution in [0.4, 0.5) is 5.13 Å². The van der Waals surface area contributed by atoms with Gasteiger partial charge in [-0.15, -0.1) is 11.3 Å². The highest BCUT2D eigenvalue weighted by Crippen LogP contribution is 2.33. The van der Waals surface area contributed by atoms with Crippen LogP contribution in [-0.2, 0) is 30.6 Å². The first-order chi connectivity index (χ1) is 16.3. The lowest BCUT2D eigenvalue weighted by Gasteiger charge is -2.10. The van der Waals surface area contributed by atoms with Crippen LogP contribution in [0.5, 0.6) is 0 Å². The highest BCUT2D eigenvalue weighted by Gasteiger charge is 2.36. The minimum atomic E-state index is -3.31. The second-order valence-electron chi connectivity index (χ2n) is 8.79. The van der Waals surface area contributed by atoms with E-state index in [2.05, 4.69) is 20.4 Å². The van der Waals surface area contributed by atoms with E-state index in [1.54, 1.807) is 18.3 Å². The fraction of sp³-hybridized carbons (Fsp3) is 0.522. The van der Waals surface area contributed by atoms with Crippen molar-refractivity contribution in [3.8, 4) is 0 Å². The lowest BCUT2D eigenvalue weighted by atomic mass is 10.1. The number of sulfone groups is 1. The third-order valence-corrected chi connectivity index (χ3v) is 8.87. The number of aryl methyl sites for hydroxylation is 1. The van der Waals surface area contributed by atoms with Gasteiger partial charge in [-0.1, -0.05) is 17.3 Å². The Morgan fingerprint density at radius 1 is 1.26 bits per heavy atom. The number of ether oxygens (including phenoxy) is 1. The van der Waals surface area contributed by atoms with Crippen molar-refractivity contribution in [1.29, 1.82) is 0 Å². The van der Waals surface area contributed by atoms with Crippen LogP contribution >= 0.6 is 11.3 Å². The summed E-state index contributed by atoms with van der Waals surface area (Å²) in [6.07, 6.45) is 5.52. The minimum Gasteiger partial charge on any atom is -0.389 e. The molecule has 0 spiro atoms. The molecule has 9 nitrogen and oxygen atoms in total. The van der Waals surface area contributed by atoms with Crippen molar-refractivity contribution < 1.29 is 22.8 Å². The van der Waals surface area contributed by atoms with Crippen molar-refractivity contribution in [1.82, 2.24) is 9.88 Å². The summed E-state index contributed by atoms with van der Waals surface area (Å²) in [7, 11) is 0.757. The first kappa shape index (κ1) is 24.8. The maximum absolute atomic E-state index is 13.1. The van der Waals surface area contributed by atoms with Crippen LogP contribution in [0.1, 0.15) is 36.1 Å². The third-order valence-electron chi connectivity index (χ3n) is 5.62. The zero-order valence-electron chi connectivity index (χ0n) is 19.4. The van der Waals surface area contributed by atoms with Crippen molar-refractivity contribution in [3.05, 3.63) is 40.9 Å². The molecule has 1 saturated carbocycles. The van der Waals surface area contributed by atoms with E-state index in [0.717, 1.165) is 24.3 Å². The van der Waals surface area contributed by atoms with E-state index in [-0.39, 0.29) is 22.0 Å². The molecule has 1 aromatic heterocycles. The first-order valence-corrected chi connectivity index (χ1v) is 13.8. The van der Waals surface area contributed by atoms with E-state index in [0.29, 0.717) is 43.2 Å². The predicted octanol–water partition coefficient (Wildman–Crippen LogP) is 2.72. The second-order valence-corrected chi connectivity index (χ2v) is 12.1. The lowest BCUT2D eigenvalue weighted by Crippen LogP contribution is -2.25. The van der Waals surface area contributed by atoms with Gasteiger partial charge in [0.2, 0.25) is 0 Å². The molecule has 2 aromatic rings. The number of anilines is 1. The van der Waals surface area contributed by atoms with Gasteiger partial charge in [0.15, 0.2) is 26.8 Å². The van der Waals surface area contributed by atoms with Gasteiger partial charge in [-0.05, 0) is 58.5 Å². The SMILES string of the molecule is CN(C)CCCc1cnc(NC(=O)C(=NO[C@@H]2CCOC2)c2ccc(S(=O)(=O)C3CC3)cc2)s1. The number of hydrogen-bond acceptors (Lipinski definition) is 9. The molecule has 2 fully saturated rings. The van der Waals surface area contributed by atoms with Gasteiger partial charge in [-0.25, -0.2) is 13.4 Å². The first-order valence-electron chi connectivity index (χ1n) is 11.4. The monoisotopic (exact) mass is 506 g/mol. The molecule has 1 atom stereocenters. The van der Waals surface area contributed by atoms with Crippen LogP contribution in [-0.4, -0.2) is 75.1 Å². The summed E-state index contributed by atoms with van der Waals surface area (Å²) in [5.74, 6) is -0.467. The molecule has 1 aromatic carbocycles. The standard InChI is InChI=1S/C23H30N4O5S2/c1-27(2)12-3-4-18-14-24-23(33-18)25-22(28)21(26-32-17-11-13-31-15-17)16-5-7-19(8-6-16)34(29,30)20-9-10-20/h5-8,14,17,20H,3-4,9-13,15H2,1-2H3,(H,24,25,28)/t17-/m1/s1. The Bertz CT molecular complexity index is 1120. The minimum absolute atomic E-state index is 0.0617.